The van der Waals surface area contributed by atoms with Crippen molar-refractivity contribution >= 4 is 0 Å². The lowest BCUT2D eigenvalue weighted by atomic mass is 10.0. The maximum Gasteiger partial charge on any atom is 0.417 e. The molecule has 0 spiro atoms. The molecule has 0 N–H and O–H groups in total. The average molecular weight is 281 g/mol. The Hall–Kier alpha value is -1.99. The molecule has 2 aromatic rings. The summed E-state index contributed by atoms with van der Waals surface area (Å²) in [4.78, 5) is 3.50. The summed E-state index contributed by atoms with van der Waals surface area (Å²) >= 11 is 0. The van der Waals surface area contributed by atoms with Crippen molar-refractivity contribution < 1.29 is 30.8 Å². The van der Waals surface area contributed by atoms with Crippen molar-refractivity contribution in [2.24, 2.45) is 0 Å². The molecule has 0 amide bonds. The third kappa shape index (κ3) is 2.72. The van der Waals surface area contributed by atoms with Gasteiger partial charge in [0.1, 0.15) is 6.26 Å². The van der Waals surface area contributed by atoms with Crippen LogP contribution >= 0.6 is 0 Å². The first-order valence-electron chi connectivity index (χ1n) is 4.88. The SMILES string of the molecule is FC(F)(F)c1ccc(-c2ncco2)c(C(F)(F)F)c1. The van der Waals surface area contributed by atoms with E-state index in [2.05, 4.69) is 9.40 Å². The van der Waals surface area contributed by atoms with Gasteiger partial charge in [0.05, 0.1) is 17.3 Å². The van der Waals surface area contributed by atoms with Gasteiger partial charge in [0.25, 0.3) is 0 Å². The van der Waals surface area contributed by atoms with Gasteiger partial charge in [0.2, 0.25) is 5.89 Å². The van der Waals surface area contributed by atoms with Gasteiger partial charge < -0.3 is 4.42 Å². The number of benzene rings is 1. The van der Waals surface area contributed by atoms with Gasteiger partial charge in [-0.05, 0) is 18.2 Å². The third-order valence-electron chi connectivity index (χ3n) is 2.32. The molecule has 0 saturated heterocycles. The zero-order valence-electron chi connectivity index (χ0n) is 9.01. The molecule has 2 nitrogen and oxygen atoms in total. The van der Waals surface area contributed by atoms with Gasteiger partial charge in [-0.15, -0.1) is 0 Å². The van der Waals surface area contributed by atoms with Crippen molar-refractivity contribution in [3.05, 3.63) is 41.8 Å². The van der Waals surface area contributed by atoms with Crippen molar-refractivity contribution in [2.45, 2.75) is 12.4 Å². The standard InChI is InChI=1S/C11H5F6NO/c12-10(13,14)6-1-2-7(9-18-3-4-19-9)8(5-6)11(15,16)17/h1-5H. The highest BCUT2D eigenvalue weighted by molar-refractivity contribution is 5.60. The molecule has 1 aromatic heterocycles. The Kier molecular flexibility index (Phi) is 3.03. The average Bonchev–Trinajstić information content (AvgIpc) is 2.79. The van der Waals surface area contributed by atoms with Crippen molar-refractivity contribution in [3.8, 4) is 11.5 Å². The Labute approximate surface area is 102 Å². The molecule has 19 heavy (non-hydrogen) atoms. The number of hydrogen-bond acceptors (Lipinski definition) is 2. The number of halogens is 6. The van der Waals surface area contributed by atoms with E-state index in [-0.39, 0.29) is 12.0 Å². The molecule has 0 aliphatic rings. The zero-order chi connectivity index (χ0) is 14.3. The first-order chi connectivity index (χ1) is 8.69. The molecule has 0 radical (unpaired) electrons. The minimum atomic E-state index is -4.94. The number of nitrogens with zero attached hydrogens (tertiary/aromatic N) is 1. The molecule has 0 aliphatic heterocycles. The van der Waals surface area contributed by atoms with Crippen LogP contribution in [0, 0.1) is 0 Å². The Balaban J connectivity index is 2.63. The molecular weight excluding hydrogens is 276 g/mol. The third-order valence-corrected chi connectivity index (χ3v) is 2.32. The molecule has 102 valence electrons. The van der Waals surface area contributed by atoms with Crippen LogP contribution in [0.4, 0.5) is 26.3 Å². The van der Waals surface area contributed by atoms with Crippen LogP contribution in [0.1, 0.15) is 11.1 Å². The van der Waals surface area contributed by atoms with Gasteiger partial charge in [0.15, 0.2) is 0 Å². The van der Waals surface area contributed by atoms with Crippen molar-refractivity contribution in [3.63, 3.8) is 0 Å². The highest BCUT2D eigenvalue weighted by atomic mass is 19.4. The molecule has 0 saturated carbocycles. The largest absolute Gasteiger partial charge is 0.445 e. The number of alkyl halides is 6. The lowest BCUT2D eigenvalue weighted by Gasteiger charge is -2.14. The number of rotatable bonds is 1. The number of hydrogen-bond donors (Lipinski definition) is 0. The van der Waals surface area contributed by atoms with Crippen LogP contribution in [0.5, 0.6) is 0 Å². The summed E-state index contributed by atoms with van der Waals surface area (Å²) in [7, 11) is 0. The first-order valence-corrected chi connectivity index (χ1v) is 4.88. The molecule has 0 fully saturated rings. The Morgan fingerprint density at radius 2 is 1.63 bits per heavy atom. The minimum absolute atomic E-state index is 0.0412. The summed E-state index contributed by atoms with van der Waals surface area (Å²) in [5.41, 5.74) is -3.36. The molecule has 0 atom stereocenters. The summed E-state index contributed by atoms with van der Waals surface area (Å²) in [5, 5.41) is 0. The van der Waals surface area contributed by atoms with E-state index in [1.807, 2.05) is 0 Å². The Morgan fingerprint density at radius 1 is 0.947 bits per heavy atom. The van der Waals surface area contributed by atoms with Gasteiger partial charge >= 0.3 is 12.4 Å². The van der Waals surface area contributed by atoms with E-state index in [9.17, 15) is 26.3 Å². The van der Waals surface area contributed by atoms with Crippen molar-refractivity contribution in [1.82, 2.24) is 4.98 Å². The molecule has 0 unspecified atom stereocenters. The van der Waals surface area contributed by atoms with Crippen LogP contribution in [-0.2, 0) is 12.4 Å². The topological polar surface area (TPSA) is 26.0 Å². The quantitative estimate of drug-likeness (QED) is 0.725. The fourth-order valence-electron chi connectivity index (χ4n) is 1.50. The fraction of sp³-hybridized carbons (Fsp3) is 0.182. The maximum absolute atomic E-state index is 12.8. The van der Waals surface area contributed by atoms with Gasteiger partial charge in [-0.25, -0.2) is 4.98 Å². The van der Waals surface area contributed by atoms with E-state index in [0.717, 1.165) is 12.5 Å². The van der Waals surface area contributed by atoms with Gasteiger partial charge in [-0.1, -0.05) is 0 Å². The molecule has 1 aromatic carbocycles. The second kappa shape index (κ2) is 4.29. The van der Waals surface area contributed by atoms with Gasteiger partial charge in [-0.2, -0.15) is 26.3 Å². The van der Waals surface area contributed by atoms with E-state index >= 15 is 0 Å². The summed E-state index contributed by atoms with van der Waals surface area (Å²) in [6.45, 7) is 0. The van der Waals surface area contributed by atoms with E-state index < -0.39 is 29.0 Å². The lowest BCUT2D eigenvalue weighted by molar-refractivity contribution is -0.142. The van der Waals surface area contributed by atoms with Gasteiger partial charge in [0, 0.05) is 5.56 Å². The highest BCUT2D eigenvalue weighted by Crippen LogP contribution is 2.40. The second-order valence-corrected chi connectivity index (χ2v) is 3.59. The molecule has 0 aliphatic carbocycles. The second-order valence-electron chi connectivity index (χ2n) is 3.59. The fourth-order valence-corrected chi connectivity index (χ4v) is 1.50. The summed E-state index contributed by atoms with van der Waals surface area (Å²) < 4.78 is 80.3. The van der Waals surface area contributed by atoms with Crippen LogP contribution in [0.15, 0.2) is 35.1 Å². The van der Waals surface area contributed by atoms with E-state index in [1.54, 1.807) is 0 Å². The van der Waals surface area contributed by atoms with Crippen LogP contribution < -0.4 is 0 Å². The zero-order valence-corrected chi connectivity index (χ0v) is 9.01. The van der Waals surface area contributed by atoms with Crippen LogP contribution in [0.3, 0.4) is 0 Å². The summed E-state index contributed by atoms with van der Waals surface area (Å²) in [6.07, 6.45) is -7.65. The van der Waals surface area contributed by atoms with E-state index in [1.165, 1.54) is 0 Å². The minimum Gasteiger partial charge on any atom is -0.445 e. The van der Waals surface area contributed by atoms with E-state index in [4.69, 9.17) is 0 Å². The Morgan fingerprint density at radius 3 is 2.11 bits per heavy atom. The number of aromatic nitrogens is 1. The smallest absolute Gasteiger partial charge is 0.417 e. The summed E-state index contributed by atoms with van der Waals surface area (Å²) in [6, 6.07) is 1.28. The predicted molar refractivity (Wildman–Crippen MR) is 51.9 cm³/mol. The monoisotopic (exact) mass is 281 g/mol. The molecule has 8 heteroatoms. The maximum atomic E-state index is 12.8. The predicted octanol–water partition coefficient (Wildman–Crippen LogP) is 4.38. The van der Waals surface area contributed by atoms with Crippen molar-refractivity contribution in [2.75, 3.05) is 0 Å². The van der Waals surface area contributed by atoms with Crippen LogP contribution in [-0.4, -0.2) is 4.98 Å². The molecule has 0 bridgehead atoms. The Bertz CT molecular complexity index is 570. The van der Waals surface area contributed by atoms with Gasteiger partial charge in [-0.3, -0.25) is 0 Å². The molecule has 2 rings (SSSR count). The lowest BCUT2D eigenvalue weighted by Crippen LogP contribution is -2.12. The van der Waals surface area contributed by atoms with Crippen LogP contribution in [0.2, 0.25) is 0 Å². The summed E-state index contributed by atoms with van der Waals surface area (Å²) in [5.74, 6) is -0.388. The molecule has 1 heterocycles. The van der Waals surface area contributed by atoms with Crippen LogP contribution in [0.25, 0.3) is 11.5 Å². The highest BCUT2D eigenvalue weighted by Gasteiger charge is 2.39. The molecular formula is C11H5F6NO. The van der Waals surface area contributed by atoms with Crippen molar-refractivity contribution in [1.29, 1.82) is 0 Å². The normalized spacial score (nSPS) is 12.7. The number of oxazole rings is 1. The van der Waals surface area contributed by atoms with E-state index in [0.29, 0.717) is 12.1 Å². The first kappa shape index (κ1) is 13.4.